The number of alkyl halides is 1. The normalized spacial score (nSPS) is 11.5. The van der Waals surface area contributed by atoms with Crippen LogP contribution in [0.5, 0.6) is 0 Å². The van der Waals surface area contributed by atoms with E-state index in [9.17, 15) is 9.18 Å². The van der Waals surface area contributed by atoms with E-state index in [-0.39, 0.29) is 5.56 Å². The Balaban J connectivity index is 2.01. The molecule has 0 aliphatic rings. The zero-order valence-corrected chi connectivity index (χ0v) is 15.8. The van der Waals surface area contributed by atoms with Crippen molar-refractivity contribution in [1.82, 2.24) is 10.3 Å². The summed E-state index contributed by atoms with van der Waals surface area (Å²) in [7, 11) is 1.93. The predicted octanol–water partition coefficient (Wildman–Crippen LogP) is 4.22. The molecule has 0 saturated carbocycles. The molecule has 138 valence electrons. The average Bonchev–Trinajstić information content (AvgIpc) is 3.17. The first-order valence-electron chi connectivity index (χ1n) is 8.78. The molecule has 2 aromatic heterocycles. The van der Waals surface area contributed by atoms with Gasteiger partial charge in [-0.15, -0.1) is 11.3 Å². The van der Waals surface area contributed by atoms with Crippen LogP contribution in [-0.2, 0) is 13.1 Å². The topological polar surface area (TPSA) is 70.9 Å². The lowest BCUT2D eigenvalue weighted by Crippen LogP contribution is -2.10. The van der Waals surface area contributed by atoms with Gasteiger partial charge in [-0.05, 0) is 48.7 Å². The van der Waals surface area contributed by atoms with Crippen LogP contribution >= 0.6 is 11.3 Å². The van der Waals surface area contributed by atoms with Crippen molar-refractivity contribution in [2.75, 3.05) is 19.3 Å². The van der Waals surface area contributed by atoms with Gasteiger partial charge in [-0.2, -0.15) is 0 Å². The van der Waals surface area contributed by atoms with Gasteiger partial charge in [0.05, 0.1) is 5.52 Å². The maximum Gasteiger partial charge on any atom is 0.266 e. The third kappa shape index (κ3) is 3.01. The van der Waals surface area contributed by atoms with Gasteiger partial charge in [-0.3, -0.25) is 4.79 Å². The SMILES string of the molecule is CNCCc1ccc(-c2c(N)cc(CF)c3[nH]c(=O)c4sccc4c23)cc1. The first-order chi connectivity index (χ1) is 13.1. The Kier molecular flexibility index (Phi) is 4.68. The molecule has 4 nitrogen and oxygen atoms in total. The number of nitrogens with two attached hydrogens (primary N) is 1. The number of nitrogens with one attached hydrogen (secondary N) is 2. The molecule has 27 heavy (non-hydrogen) atoms. The molecule has 0 aliphatic carbocycles. The summed E-state index contributed by atoms with van der Waals surface area (Å²) in [6.45, 7) is 0.224. The Morgan fingerprint density at radius 3 is 2.70 bits per heavy atom. The predicted molar refractivity (Wildman–Crippen MR) is 112 cm³/mol. The number of pyridine rings is 1. The molecule has 4 N–H and O–H groups in total. The van der Waals surface area contributed by atoms with Crippen molar-refractivity contribution in [3.05, 3.63) is 63.3 Å². The van der Waals surface area contributed by atoms with Crippen molar-refractivity contribution in [3.8, 4) is 11.1 Å². The molecule has 0 bridgehead atoms. The number of hydrogen-bond acceptors (Lipinski definition) is 4. The van der Waals surface area contributed by atoms with Crippen LogP contribution in [0.25, 0.3) is 32.1 Å². The van der Waals surface area contributed by atoms with E-state index in [1.165, 1.54) is 16.9 Å². The van der Waals surface area contributed by atoms with Gasteiger partial charge >= 0.3 is 0 Å². The Labute approximate surface area is 159 Å². The summed E-state index contributed by atoms with van der Waals surface area (Å²) in [6, 6.07) is 11.8. The second kappa shape index (κ2) is 7.13. The summed E-state index contributed by atoms with van der Waals surface area (Å²) in [4.78, 5) is 15.3. The quantitative estimate of drug-likeness (QED) is 0.453. The van der Waals surface area contributed by atoms with Crippen molar-refractivity contribution in [1.29, 1.82) is 0 Å². The minimum Gasteiger partial charge on any atom is -0.398 e. The molecule has 0 atom stereocenters. The third-order valence-corrected chi connectivity index (χ3v) is 5.78. The first-order valence-corrected chi connectivity index (χ1v) is 9.66. The van der Waals surface area contributed by atoms with Gasteiger partial charge in [-0.25, -0.2) is 4.39 Å². The fraction of sp³-hybridized carbons (Fsp3) is 0.190. The highest BCUT2D eigenvalue weighted by Gasteiger charge is 2.17. The van der Waals surface area contributed by atoms with Gasteiger partial charge in [0.1, 0.15) is 11.4 Å². The van der Waals surface area contributed by atoms with E-state index >= 15 is 0 Å². The number of rotatable bonds is 5. The third-order valence-electron chi connectivity index (χ3n) is 4.87. The maximum atomic E-state index is 13.6. The lowest BCUT2D eigenvalue weighted by atomic mass is 9.93. The van der Waals surface area contributed by atoms with Crippen LogP contribution in [0.1, 0.15) is 11.1 Å². The molecule has 0 aliphatic heterocycles. The zero-order chi connectivity index (χ0) is 19.0. The van der Waals surface area contributed by atoms with Gasteiger partial charge < -0.3 is 16.0 Å². The second-order valence-corrected chi connectivity index (χ2v) is 7.47. The molecule has 0 unspecified atom stereocenters. The molecular weight excluding hydrogens is 361 g/mol. The van der Waals surface area contributed by atoms with Crippen LogP contribution in [0, 0.1) is 0 Å². The molecule has 2 heterocycles. The smallest absolute Gasteiger partial charge is 0.266 e. The minimum atomic E-state index is -0.685. The number of nitrogen functional groups attached to an aromatic ring is 1. The standard InChI is InChI=1S/C21H20FN3OS/c1-24-8-6-12-2-4-13(5-3-12)17-16(23)10-14(11-22)19-18(17)15-7-9-27-20(15)21(26)25-19/h2-5,7,9-10,24H,6,8,11,23H2,1H3,(H,25,26). The fourth-order valence-electron chi connectivity index (χ4n) is 3.55. The summed E-state index contributed by atoms with van der Waals surface area (Å²) in [6.07, 6.45) is 0.940. The molecule has 0 amide bonds. The van der Waals surface area contributed by atoms with E-state index in [1.54, 1.807) is 6.07 Å². The summed E-state index contributed by atoms with van der Waals surface area (Å²) < 4.78 is 14.2. The average molecular weight is 381 g/mol. The number of aromatic nitrogens is 1. The van der Waals surface area contributed by atoms with E-state index in [0.717, 1.165) is 34.9 Å². The number of hydrogen-bond donors (Lipinski definition) is 3. The van der Waals surface area contributed by atoms with Gasteiger partial charge in [0, 0.05) is 27.6 Å². The van der Waals surface area contributed by atoms with E-state index in [4.69, 9.17) is 5.73 Å². The van der Waals surface area contributed by atoms with Crippen LogP contribution in [0.3, 0.4) is 0 Å². The molecule has 6 heteroatoms. The van der Waals surface area contributed by atoms with Gasteiger partial charge in [0.2, 0.25) is 0 Å². The van der Waals surface area contributed by atoms with Crippen LogP contribution in [0.15, 0.2) is 46.6 Å². The van der Waals surface area contributed by atoms with Crippen LogP contribution in [-0.4, -0.2) is 18.6 Å². The first kappa shape index (κ1) is 17.7. The zero-order valence-electron chi connectivity index (χ0n) is 14.9. The number of halogens is 1. The molecule has 0 saturated heterocycles. The summed E-state index contributed by atoms with van der Waals surface area (Å²) >= 11 is 1.38. The van der Waals surface area contributed by atoms with E-state index < -0.39 is 6.67 Å². The monoisotopic (exact) mass is 381 g/mol. The van der Waals surface area contributed by atoms with Crippen molar-refractivity contribution in [3.63, 3.8) is 0 Å². The number of anilines is 1. The highest BCUT2D eigenvalue weighted by atomic mass is 32.1. The highest BCUT2D eigenvalue weighted by molar-refractivity contribution is 7.17. The van der Waals surface area contributed by atoms with E-state index in [1.807, 2.05) is 30.6 Å². The number of H-pyrrole nitrogens is 1. The number of benzene rings is 2. The lowest BCUT2D eigenvalue weighted by Gasteiger charge is -2.15. The maximum absolute atomic E-state index is 13.6. The van der Waals surface area contributed by atoms with Crippen LogP contribution < -0.4 is 16.6 Å². The van der Waals surface area contributed by atoms with Crippen molar-refractivity contribution in [2.45, 2.75) is 13.1 Å². The van der Waals surface area contributed by atoms with Crippen molar-refractivity contribution >= 4 is 38.0 Å². The second-order valence-electron chi connectivity index (χ2n) is 6.55. The fourth-order valence-corrected chi connectivity index (χ4v) is 4.35. The van der Waals surface area contributed by atoms with Gasteiger partial charge in [0.25, 0.3) is 5.56 Å². The molecule has 2 aromatic carbocycles. The van der Waals surface area contributed by atoms with Gasteiger partial charge in [-0.1, -0.05) is 24.3 Å². The number of thiophene rings is 1. The highest BCUT2D eigenvalue weighted by Crippen LogP contribution is 2.39. The molecule has 4 aromatic rings. The number of likely N-dealkylation sites (N-methyl/N-ethyl adjacent to an activating group) is 1. The summed E-state index contributed by atoms with van der Waals surface area (Å²) in [5, 5.41) is 6.64. The molecule has 0 spiro atoms. The summed E-state index contributed by atoms with van der Waals surface area (Å²) in [5.74, 6) is 0. The Morgan fingerprint density at radius 1 is 1.22 bits per heavy atom. The van der Waals surface area contributed by atoms with E-state index in [2.05, 4.69) is 22.4 Å². The Hall–Kier alpha value is -2.70. The molecular formula is C21H20FN3OS. The largest absolute Gasteiger partial charge is 0.398 e. The Morgan fingerprint density at radius 2 is 2.00 bits per heavy atom. The van der Waals surface area contributed by atoms with Crippen molar-refractivity contribution in [2.24, 2.45) is 0 Å². The van der Waals surface area contributed by atoms with E-state index in [0.29, 0.717) is 21.5 Å². The van der Waals surface area contributed by atoms with Crippen LogP contribution in [0.4, 0.5) is 10.1 Å². The van der Waals surface area contributed by atoms with Crippen LogP contribution in [0.2, 0.25) is 0 Å². The number of fused-ring (bicyclic) bond motifs is 3. The minimum absolute atomic E-state index is 0.194. The van der Waals surface area contributed by atoms with Crippen molar-refractivity contribution < 1.29 is 4.39 Å². The number of aromatic amines is 1. The molecule has 4 rings (SSSR count). The molecule has 0 fully saturated rings. The lowest BCUT2D eigenvalue weighted by molar-refractivity contribution is 0.487. The summed E-state index contributed by atoms with van der Waals surface area (Å²) in [5.41, 5.74) is 10.6. The molecule has 0 radical (unpaired) electrons. The van der Waals surface area contributed by atoms with Gasteiger partial charge in [0.15, 0.2) is 0 Å². The Bertz CT molecular complexity index is 1180.